The van der Waals surface area contributed by atoms with Gasteiger partial charge < -0.3 is 16.0 Å². The number of nitrogens with two attached hydrogens (primary N) is 1. The number of nitrogen functional groups attached to an aromatic ring is 1. The summed E-state index contributed by atoms with van der Waals surface area (Å²) in [6, 6.07) is 2.01. The Kier molecular flexibility index (Phi) is 4.12. The Balaban J connectivity index is 2.16. The molecule has 2 rings (SSSR count). The number of rotatable bonds is 4. The molecule has 106 valence electrons. The van der Waals surface area contributed by atoms with Crippen LogP contribution in [0.15, 0.2) is 6.07 Å². The fourth-order valence-electron chi connectivity index (χ4n) is 2.58. The van der Waals surface area contributed by atoms with Crippen molar-refractivity contribution in [1.29, 1.82) is 0 Å². The molecular formula is C14H25N5. The maximum absolute atomic E-state index is 5.82. The molecule has 0 atom stereocenters. The highest BCUT2D eigenvalue weighted by molar-refractivity contribution is 5.53. The van der Waals surface area contributed by atoms with Crippen LogP contribution < -0.4 is 16.0 Å². The highest BCUT2D eigenvalue weighted by atomic mass is 15.2. The van der Waals surface area contributed by atoms with Crippen LogP contribution in [0.25, 0.3) is 0 Å². The summed E-state index contributed by atoms with van der Waals surface area (Å²) in [5.74, 6) is 2.12. The second-order valence-electron chi connectivity index (χ2n) is 6.09. The third-order valence-electron chi connectivity index (χ3n) is 3.51. The van der Waals surface area contributed by atoms with E-state index < -0.39 is 0 Å². The number of aromatic nitrogens is 2. The smallest absolute Gasteiger partial charge is 0.223 e. The SMILES string of the molecule is CCCNc1cc(N2CCCC(C)(C)C2)nc(N)n1. The van der Waals surface area contributed by atoms with Gasteiger partial charge in [0, 0.05) is 25.7 Å². The van der Waals surface area contributed by atoms with E-state index in [0.717, 1.165) is 37.7 Å². The van der Waals surface area contributed by atoms with Gasteiger partial charge in [0.1, 0.15) is 11.6 Å². The summed E-state index contributed by atoms with van der Waals surface area (Å²) in [6.45, 7) is 9.72. The third-order valence-corrected chi connectivity index (χ3v) is 3.51. The minimum atomic E-state index is 0.342. The molecule has 5 heteroatoms. The van der Waals surface area contributed by atoms with Crippen LogP contribution in [0.3, 0.4) is 0 Å². The van der Waals surface area contributed by atoms with E-state index in [1.165, 1.54) is 12.8 Å². The number of hydrogen-bond acceptors (Lipinski definition) is 5. The first kappa shape index (κ1) is 13.9. The Morgan fingerprint density at radius 2 is 2.21 bits per heavy atom. The van der Waals surface area contributed by atoms with Crippen LogP contribution >= 0.6 is 0 Å². The molecule has 1 aromatic heterocycles. The van der Waals surface area contributed by atoms with E-state index in [0.29, 0.717) is 11.4 Å². The summed E-state index contributed by atoms with van der Waals surface area (Å²) in [4.78, 5) is 10.9. The number of hydrogen-bond donors (Lipinski definition) is 2. The normalized spacial score (nSPS) is 18.4. The molecule has 0 spiro atoms. The van der Waals surface area contributed by atoms with Crippen molar-refractivity contribution in [1.82, 2.24) is 9.97 Å². The van der Waals surface area contributed by atoms with E-state index in [1.54, 1.807) is 0 Å². The largest absolute Gasteiger partial charge is 0.370 e. The quantitative estimate of drug-likeness (QED) is 0.873. The van der Waals surface area contributed by atoms with Gasteiger partial charge in [0.15, 0.2) is 0 Å². The van der Waals surface area contributed by atoms with Crippen LogP contribution in [-0.4, -0.2) is 29.6 Å². The lowest BCUT2D eigenvalue weighted by Gasteiger charge is -2.38. The van der Waals surface area contributed by atoms with Gasteiger partial charge in [0.2, 0.25) is 5.95 Å². The number of piperidine rings is 1. The minimum Gasteiger partial charge on any atom is -0.370 e. The van der Waals surface area contributed by atoms with E-state index >= 15 is 0 Å². The van der Waals surface area contributed by atoms with Crippen molar-refractivity contribution < 1.29 is 0 Å². The van der Waals surface area contributed by atoms with Gasteiger partial charge in [-0.1, -0.05) is 20.8 Å². The molecule has 1 aromatic rings. The highest BCUT2D eigenvalue weighted by Crippen LogP contribution is 2.31. The van der Waals surface area contributed by atoms with Gasteiger partial charge in [-0.25, -0.2) is 0 Å². The minimum absolute atomic E-state index is 0.342. The molecule has 1 aliphatic rings. The molecule has 0 saturated carbocycles. The molecular weight excluding hydrogens is 238 g/mol. The maximum Gasteiger partial charge on any atom is 0.223 e. The fourth-order valence-corrected chi connectivity index (χ4v) is 2.58. The second kappa shape index (κ2) is 5.63. The molecule has 0 aromatic carbocycles. The van der Waals surface area contributed by atoms with Crippen LogP contribution in [0.1, 0.15) is 40.0 Å². The van der Waals surface area contributed by atoms with E-state index in [9.17, 15) is 0 Å². The molecule has 19 heavy (non-hydrogen) atoms. The summed E-state index contributed by atoms with van der Waals surface area (Å²) >= 11 is 0. The molecule has 3 N–H and O–H groups in total. The van der Waals surface area contributed by atoms with E-state index in [4.69, 9.17) is 5.73 Å². The number of anilines is 3. The topological polar surface area (TPSA) is 67.1 Å². The summed E-state index contributed by atoms with van der Waals surface area (Å²) in [5, 5.41) is 3.28. The fraction of sp³-hybridized carbons (Fsp3) is 0.714. The summed E-state index contributed by atoms with van der Waals surface area (Å²) in [7, 11) is 0. The molecule has 5 nitrogen and oxygen atoms in total. The van der Waals surface area contributed by atoms with Gasteiger partial charge in [-0.15, -0.1) is 0 Å². The lowest BCUT2D eigenvalue weighted by atomic mass is 9.84. The Bertz CT molecular complexity index is 430. The van der Waals surface area contributed by atoms with Crippen molar-refractivity contribution in [3.05, 3.63) is 6.07 Å². The molecule has 0 unspecified atom stereocenters. The summed E-state index contributed by atoms with van der Waals surface area (Å²) in [5.41, 5.74) is 6.16. The first-order valence-electron chi connectivity index (χ1n) is 7.13. The zero-order chi connectivity index (χ0) is 13.9. The predicted octanol–water partition coefficient (Wildman–Crippen LogP) is 2.51. The molecule has 0 radical (unpaired) electrons. The van der Waals surface area contributed by atoms with Crippen LogP contribution in [0.4, 0.5) is 17.6 Å². The van der Waals surface area contributed by atoms with Crippen molar-refractivity contribution in [2.24, 2.45) is 5.41 Å². The van der Waals surface area contributed by atoms with Crippen molar-refractivity contribution in [2.75, 3.05) is 35.6 Å². The van der Waals surface area contributed by atoms with Crippen LogP contribution in [0.5, 0.6) is 0 Å². The average molecular weight is 263 g/mol. The third kappa shape index (κ3) is 3.72. The Hall–Kier alpha value is -1.52. The first-order valence-corrected chi connectivity index (χ1v) is 7.13. The molecule has 2 heterocycles. The van der Waals surface area contributed by atoms with Gasteiger partial charge >= 0.3 is 0 Å². The molecule has 1 saturated heterocycles. The first-order chi connectivity index (χ1) is 9.00. The Morgan fingerprint density at radius 3 is 2.89 bits per heavy atom. The molecule has 0 amide bonds. The monoisotopic (exact) mass is 263 g/mol. The van der Waals surface area contributed by atoms with Crippen molar-refractivity contribution in [3.8, 4) is 0 Å². The van der Waals surface area contributed by atoms with Crippen molar-refractivity contribution in [3.63, 3.8) is 0 Å². The van der Waals surface area contributed by atoms with Crippen molar-refractivity contribution >= 4 is 17.6 Å². The van der Waals surface area contributed by atoms with E-state index in [1.807, 2.05) is 6.07 Å². The number of nitrogens with zero attached hydrogens (tertiary/aromatic N) is 3. The maximum atomic E-state index is 5.82. The lowest BCUT2D eigenvalue weighted by Crippen LogP contribution is -2.40. The van der Waals surface area contributed by atoms with Crippen LogP contribution in [-0.2, 0) is 0 Å². The number of nitrogens with one attached hydrogen (secondary N) is 1. The zero-order valence-corrected chi connectivity index (χ0v) is 12.2. The van der Waals surface area contributed by atoms with Crippen LogP contribution in [0, 0.1) is 5.41 Å². The molecule has 1 fully saturated rings. The predicted molar refractivity (Wildman–Crippen MR) is 80.5 cm³/mol. The van der Waals surface area contributed by atoms with Gasteiger partial charge in [-0.05, 0) is 24.7 Å². The summed E-state index contributed by atoms with van der Waals surface area (Å²) in [6.07, 6.45) is 3.54. The lowest BCUT2D eigenvalue weighted by molar-refractivity contribution is 0.292. The zero-order valence-electron chi connectivity index (χ0n) is 12.2. The standard InChI is InChI=1S/C14H25N5/c1-4-7-16-11-9-12(18-13(15)17-11)19-8-5-6-14(2,3)10-19/h9H,4-8,10H2,1-3H3,(H3,15,16,17,18). The van der Waals surface area contributed by atoms with E-state index in [2.05, 4.69) is 41.0 Å². The van der Waals surface area contributed by atoms with Gasteiger partial charge in [-0.2, -0.15) is 9.97 Å². The molecule has 0 bridgehead atoms. The molecule has 0 aliphatic carbocycles. The van der Waals surface area contributed by atoms with Gasteiger partial charge in [-0.3, -0.25) is 0 Å². The van der Waals surface area contributed by atoms with Gasteiger partial charge in [0.05, 0.1) is 0 Å². The van der Waals surface area contributed by atoms with Crippen LogP contribution in [0.2, 0.25) is 0 Å². The summed E-state index contributed by atoms with van der Waals surface area (Å²) < 4.78 is 0. The molecule has 1 aliphatic heterocycles. The van der Waals surface area contributed by atoms with Gasteiger partial charge in [0.25, 0.3) is 0 Å². The van der Waals surface area contributed by atoms with Crippen molar-refractivity contribution in [2.45, 2.75) is 40.0 Å². The average Bonchev–Trinajstić information content (AvgIpc) is 2.34. The second-order valence-corrected chi connectivity index (χ2v) is 6.09. The highest BCUT2D eigenvalue weighted by Gasteiger charge is 2.27. The Labute approximate surface area is 115 Å². The van der Waals surface area contributed by atoms with E-state index in [-0.39, 0.29) is 0 Å². The Morgan fingerprint density at radius 1 is 1.42 bits per heavy atom.